The van der Waals surface area contributed by atoms with Crippen LogP contribution < -0.4 is 10.1 Å². The first-order valence-electron chi connectivity index (χ1n) is 7.48. The summed E-state index contributed by atoms with van der Waals surface area (Å²) >= 11 is 3.14. The lowest BCUT2D eigenvalue weighted by molar-refractivity contribution is -0.152. The van der Waals surface area contributed by atoms with Crippen LogP contribution in [0.2, 0.25) is 0 Å². The summed E-state index contributed by atoms with van der Waals surface area (Å²) < 4.78 is 24.6. The largest absolute Gasteiger partial charge is 0.496 e. The summed E-state index contributed by atoms with van der Waals surface area (Å²) in [6.45, 7) is 1.42. The fourth-order valence-corrected chi connectivity index (χ4v) is 2.46. The number of anilines is 1. The topological polar surface area (TPSA) is 64.6 Å². The van der Waals surface area contributed by atoms with Crippen molar-refractivity contribution < 1.29 is 23.5 Å². The fourth-order valence-electron chi connectivity index (χ4n) is 2.12. The quantitative estimate of drug-likeness (QED) is 0.738. The van der Waals surface area contributed by atoms with E-state index in [2.05, 4.69) is 21.2 Å². The highest BCUT2D eigenvalue weighted by molar-refractivity contribution is 9.10. The predicted molar refractivity (Wildman–Crippen MR) is 95.0 cm³/mol. The van der Waals surface area contributed by atoms with Crippen LogP contribution in [0.1, 0.15) is 12.5 Å². The summed E-state index contributed by atoms with van der Waals surface area (Å²) in [7, 11) is 1.51. The molecule has 0 unspecified atom stereocenters. The molecular weight excluding hydrogens is 393 g/mol. The molecule has 0 spiro atoms. The monoisotopic (exact) mass is 409 g/mol. The number of rotatable bonds is 6. The Morgan fingerprint density at radius 2 is 1.96 bits per heavy atom. The van der Waals surface area contributed by atoms with E-state index in [1.54, 1.807) is 30.3 Å². The third-order valence-electron chi connectivity index (χ3n) is 3.39. The van der Waals surface area contributed by atoms with Crippen molar-refractivity contribution >= 4 is 33.5 Å². The Kier molecular flexibility index (Phi) is 6.52. The van der Waals surface area contributed by atoms with E-state index in [0.29, 0.717) is 15.8 Å². The number of hydrogen-bond donors (Lipinski definition) is 1. The molecule has 132 valence electrons. The fraction of sp³-hybridized carbons (Fsp3) is 0.222. The van der Waals surface area contributed by atoms with Crippen molar-refractivity contribution in [1.29, 1.82) is 0 Å². The van der Waals surface area contributed by atoms with Gasteiger partial charge in [0.1, 0.15) is 11.6 Å². The van der Waals surface area contributed by atoms with Crippen molar-refractivity contribution in [1.82, 2.24) is 0 Å². The molecule has 1 N–H and O–H groups in total. The van der Waals surface area contributed by atoms with Gasteiger partial charge in [-0.3, -0.25) is 9.59 Å². The number of carbonyl (C=O) groups is 2. The zero-order valence-electron chi connectivity index (χ0n) is 13.7. The van der Waals surface area contributed by atoms with Crippen LogP contribution in [0.5, 0.6) is 5.75 Å². The van der Waals surface area contributed by atoms with Gasteiger partial charge in [-0.05, 0) is 31.2 Å². The molecule has 0 heterocycles. The van der Waals surface area contributed by atoms with E-state index in [0.717, 1.165) is 0 Å². The van der Waals surface area contributed by atoms with Gasteiger partial charge in [0.2, 0.25) is 0 Å². The van der Waals surface area contributed by atoms with E-state index in [-0.39, 0.29) is 12.1 Å². The van der Waals surface area contributed by atoms with Crippen LogP contribution in [0, 0.1) is 5.82 Å². The first kappa shape index (κ1) is 18.9. The number of amides is 1. The highest BCUT2D eigenvalue weighted by Gasteiger charge is 2.20. The second kappa shape index (κ2) is 8.62. The van der Waals surface area contributed by atoms with Crippen molar-refractivity contribution in [2.45, 2.75) is 19.4 Å². The minimum absolute atomic E-state index is 0.0147. The standard InChI is InChI=1S/C18H17BrFNO4/c1-11(18(23)21-15-8-7-13(19)10-14(15)20)25-17(22)9-12-5-3-4-6-16(12)24-2/h3-8,10-11H,9H2,1-2H3,(H,21,23)/t11-/m1/s1. The van der Waals surface area contributed by atoms with Gasteiger partial charge in [0, 0.05) is 10.0 Å². The van der Waals surface area contributed by atoms with E-state index >= 15 is 0 Å². The van der Waals surface area contributed by atoms with Crippen LogP contribution in [0.3, 0.4) is 0 Å². The molecule has 0 radical (unpaired) electrons. The van der Waals surface area contributed by atoms with Crippen LogP contribution in [0.15, 0.2) is 46.9 Å². The zero-order valence-corrected chi connectivity index (χ0v) is 15.3. The zero-order chi connectivity index (χ0) is 18.4. The molecule has 0 aliphatic rings. The second-order valence-electron chi connectivity index (χ2n) is 5.23. The molecular formula is C18H17BrFNO4. The number of halogens is 2. The molecule has 5 nitrogen and oxygen atoms in total. The third-order valence-corrected chi connectivity index (χ3v) is 3.89. The lowest BCUT2D eigenvalue weighted by atomic mass is 10.1. The van der Waals surface area contributed by atoms with Gasteiger partial charge in [0.05, 0.1) is 19.2 Å². The van der Waals surface area contributed by atoms with Crippen molar-refractivity contribution in [2.75, 3.05) is 12.4 Å². The maximum atomic E-state index is 13.7. The lowest BCUT2D eigenvalue weighted by Gasteiger charge is -2.14. The summed E-state index contributed by atoms with van der Waals surface area (Å²) in [6, 6.07) is 11.3. The van der Waals surface area contributed by atoms with Gasteiger partial charge >= 0.3 is 5.97 Å². The smallest absolute Gasteiger partial charge is 0.311 e. The van der Waals surface area contributed by atoms with Gasteiger partial charge in [-0.2, -0.15) is 0 Å². The van der Waals surface area contributed by atoms with E-state index < -0.39 is 23.8 Å². The lowest BCUT2D eigenvalue weighted by Crippen LogP contribution is -2.30. The Labute approximate surface area is 153 Å². The molecule has 25 heavy (non-hydrogen) atoms. The molecule has 0 bridgehead atoms. The number of ether oxygens (including phenoxy) is 2. The first-order chi connectivity index (χ1) is 11.9. The average Bonchev–Trinajstić information content (AvgIpc) is 2.57. The van der Waals surface area contributed by atoms with Crippen LogP contribution in [0.4, 0.5) is 10.1 Å². The molecule has 2 aromatic rings. The molecule has 1 amide bonds. The SMILES string of the molecule is COc1ccccc1CC(=O)O[C@H](C)C(=O)Nc1ccc(Br)cc1F. The molecule has 0 saturated heterocycles. The van der Waals surface area contributed by atoms with E-state index in [9.17, 15) is 14.0 Å². The van der Waals surface area contributed by atoms with Crippen LogP contribution in [0.25, 0.3) is 0 Å². The molecule has 0 aromatic heterocycles. The number of hydrogen-bond acceptors (Lipinski definition) is 4. The summed E-state index contributed by atoms with van der Waals surface area (Å²) in [4.78, 5) is 24.1. The number of benzene rings is 2. The molecule has 2 rings (SSSR count). The van der Waals surface area contributed by atoms with Gasteiger partial charge in [0.25, 0.3) is 5.91 Å². The Morgan fingerprint density at radius 1 is 1.24 bits per heavy atom. The Morgan fingerprint density at radius 3 is 2.64 bits per heavy atom. The third kappa shape index (κ3) is 5.29. The van der Waals surface area contributed by atoms with Gasteiger partial charge in [0.15, 0.2) is 6.10 Å². The number of para-hydroxylation sites is 1. The number of methoxy groups -OCH3 is 1. The number of esters is 1. The number of nitrogens with one attached hydrogen (secondary N) is 1. The summed E-state index contributed by atoms with van der Waals surface area (Å²) in [5.41, 5.74) is 0.669. The van der Waals surface area contributed by atoms with Crippen molar-refractivity contribution in [3.8, 4) is 5.75 Å². The first-order valence-corrected chi connectivity index (χ1v) is 8.27. The van der Waals surface area contributed by atoms with Crippen molar-refractivity contribution in [3.05, 3.63) is 58.3 Å². The average molecular weight is 410 g/mol. The minimum Gasteiger partial charge on any atom is -0.496 e. The molecule has 0 aliphatic carbocycles. The Balaban J connectivity index is 1.95. The maximum absolute atomic E-state index is 13.7. The second-order valence-corrected chi connectivity index (χ2v) is 6.15. The maximum Gasteiger partial charge on any atom is 0.311 e. The summed E-state index contributed by atoms with van der Waals surface area (Å²) in [5, 5.41) is 2.39. The van der Waals surface area contributed by atoms with Gasteiger partial charge in [-0.25, -0.2) is 4.39 Å². The minimum atomic E-state index is -1.06. The molecule has 0 saturated carbocycles. The molecule has 2 aromatic carbocycles. The van der Waals surface area contributed by atoms with E-state index in [1.165, 1.54) is 26.2 Å². The van der Waals surface area contributed by atoms with Crippen LogP contribution in [-0.2, 0) is 20.7 Å². The number of carbonyl (C=O) groups excluding carboxylic acids is 2. The van der Waals surface area contributed by atoms with Crippen molar-refractivity contribution in [2.24, 2.45) is 0 Å². The Bertz CT molecular complexity index is 781. The molecule has 7 heteroatoms. The van der Waals surface area contributed by atoms with E-state index in [1.807, 2.05) is 0 Å². The highest BCUT2D eigenvalue weighted by Crippen LogP contribution is 2.20. The van der Waals surface area contributed by atoms with Crippen LogP contribution >= 0.6 is 15.9 Å². The summed E-state index contributed by atoms with van der Waals surface area (Å²) in [5.74, 6) is -1.22. The highest BCUT2D eigenvalue weighted by atomic mass is 79.9. The molecule has 1 atom stereocenters. The van der Waals surface area contributed by atoms with Gasteiger partial charge < -0.3 is 14.8 Å². The van der Waals surface area contributed by atoms with Crippen LogP contribution in [-0.4, -0.2) is 25.1 Å². The molecule has 0 fully saturated rings. The summed E-state index contributed by atoms with van der Waals surface area (Å²) in [6.07, 6.45) is -1.10. The Hall–Kier alpha value is -2.41. The van der Waals surface area contributed by atoms with E-state index in [4.69, 9.17) is 9.47 Å². The predicted octanol–water partition coefficient (Wildman–Crippen LogP) is 3.71. The normalized spacial score (nSPS) is 11.5. The van der Waals surface area contributed by atoms with Gasteiger partial charge in [-0.15, -0.1) is 0 Å². The molecule has 0 aliphatic heterocycles. The van der Waals surface area contributed by atoms with Gasteiger partial charge in [-0.1, -0.05) is 34.1 Å². The van der Waals surface area contributed by atoms with Crippen molar-refractivity contribution in [3.63, 3.8) is 0 Å².